The highest BCUT2D eigenvalue weighted by Gasteiger charge is 2.35. The van der Waals surface area contributed by atoms with E-state index in [9.17, 15) is 9.59 Å². The number of rotatable bonds is 3. The van der Waals surface area contributed by atoms with Gasteiger partial charge in [0.25, 0.3) is 11.5 Å². The highest BCUT2D eigenvalue weighted by molar-refractivity contribution is 5.94. The van der Waals surface area contributed by atoms with Crippen LogP contribution in [0.5, 0.6) is 5.88 Å². The molecule has 0 aliphatic carbocycles. The van der Waals surface area contributed by atoms with Crippen molar-refractivity contribution in [2.45, 2.75) is 25.8 Å². The van der Waals surface area contributed by atoms with Gasteiger partial charge in [-0.2, -0.15) is 5.10 Å². The number of carbonyl (C=O) groups excluding carboxylic acids is 1. The van der Waals surface area contributed by atoms with Gasteiger partial charge >= 0.3 is 0 Å². The monoisotopic (exact) mass is 330 g/mol. The number of hydrogen-bond donors (Lipinski definition) is 0. The fourth-order valence-corrected chi connectivity index (χ4v) is 3.44. The predicted octanol–water partition coefficient (Wildman–Crippen LogP) is 1.41. The maximum absolute atomic E-state index is 12.9. The van der Waals surface area contributed by atoms with Crippen LogP contribution in [0.4, 0.5) is 0 Å². The van der Waals surface area contributed by atoms with E-state index in [1.54, 1.807) is 31.1 Å². The van der Waals surface area contributed by atoms with Crippen LogP contribution in [0.2, 0.25) is 0 Å². The number of aryl methyl sites for hydroxylation is 3. The van der Waals surface area contributed by atoms with Gasteiger partial charge in [0.1, 0.15) is 0 Å². The van der Waals surface area contributed by atoms with Gasteiger partial charge in [-0.25, -0.2) is 4.68 Å². The summed E-state index contributed by atoms with van der Waals surface area (Å²) in [6, 6.07) is 3.00. The standard InChI is InChI=1S/C17H22N4O3/c1-11-15(17(24-4)20(3)18-11)13-6-5-8-21(13)16(23)12-7-9-19(2)14(22)10-12/h7,9-10,13H,5-6,8H2,1-4H3. The minimum absolute atomic E-state index is 0.0785. The van der Waals surface area contributed by atoms with Crippen molar-refractivity contribution < 1.29 is 9.53 Å². The Morgan fingerprint density at radius 3 is 2.79 bits per heavy atom. The number of pyridine rings is 1. The number of carbonyl (C=O) groups is 1. The lowest BCUT2D eigenvalue weighted by molar-refractivity contribution is 0.0733. The number of hydrogen-bond acceptors (Lipinski definition) is 4. The Bertz CT molecular complexity index is 837. The molecule has 0 aromatic carbocycles. The predicted molar refractivity (Wildman–Crippen MR) is 89.2 cm³/mol. The van der Waals surface area contributed by atoms with Crippen molar-refractivity contribution in [1.82, 2.24) is 19.2 Å². The molecule has 0 bridgehead atoms. The van der Waals surface area contributed by atoms with Gasteiger partial charge in [-0.05, 0) is 25.8 Å². The molecule has 1 atom stereocenters. The van der Waals surface area contributed by atoms with Crippen molar-refractivity contribution in [2.24, 2.45) is 14.1 Å². The number of aromatic nitrogens is 3. The molecular weight excluding hydrogens is 308 g/mol. The second-order valence-electron chi connectivity index (χ2n) is 6.15. The van der Waals surface area contributed by atoms with Gasteiger partial charge in [0.2, 0.25) is 5.88 Å². The summed E-state index contributed by atoms with van der Waals surface area (Å²) in [7, 11) is 5.11. The molecular formula is C17H22N4O3. The Labute approximate surface area is 140 Å². The third-order valence-electron chi connectivity index (χ3n) is 4.61. The van der Waals surface area contributed by atoms with Crippen LogP contribution < -0.4 is 10.3 Å². The molecule has 1 fully saturated rings. The third-order valence-corrected chi connectivity index (χ3v) is 4.61. The lowest BCUT2D eigenvalue weighted by Gasteiger charge is -2.25. The van der Waals surface area contributed by atoms with Gasteiger partial charge in [0.15, 0.2) is 0 Å². The minimum atomic E-state index is -0.188. The first-order valence-corrected chi connectivity index (χ1v) is 7.99. The molecule has 0 spiro atoms. The Morgan fingerprint density at radius 2 is 2.12 bits per heavy atom. The van der Waals surface area contributed by atoms with Crippen LogP contribution in [0, 0.1) is 6.92 Å². The van der Waals surface area contributed by atoms with E-state index in [2.05, 4.69) is 5.10 Å². The number of ether oxygens (including phenoxy) is 1. The molecule has 7 heteroatoms. The van der Waals surface area contributed by atoms with Crippen LogP contribution in [0.25, 0.3) is 0 Å². The Hall–Kier alpha value is -2.57. The molecule has 1 aliphatic heterocycles. The maximum atomic E-state index is 12.9. The van der Waals surface area contributed by atoms with E-state index in [1.807, 2.05) is 18.9 Å². The highest BCUT2D eigenvalue weighted by atomic mass is 16.5. The molecule has 1 unspecified atom stereocenters. The van der Waals surface area contributed by atoms with Gasteiger partial charge in [-0.1, -0.05) is 0 Å². The van der Waals surface area contributed by atoms with Crippen LogP contribution in [0.1, 0.15) is 40.5 Å². The van der Waals surface area contributed by atoms with Gasteiger partial charge < -0.3 is 14.2 Å². The van der Waals surface area contributed by atoms with Crippen molar-refractivity contribution >= 4 is 5.91 Å². The van der Waals surface area contributed by atoms with E-state index in [-0.39, 0.29) is 17.5 Å². The average Bonchev–Trinajstić information content (AvgIpc) is 3.12. The molecule has 7 nitrogen and oxygen atoms in total. The molecule has 1 amide bonds. The zero-order chi connectivity index (χ0) is 17.4. The summed E-state index contributed by atoms with van der Waals surface area (Å²) >= 11 is 0. The second kappa shape index (κ2) is 6.14. The molecule has 3 heterocycles. The van der Waals surface area contributed by atoms with Gasteiger partial charge in [-0.15, -0.1) is 0 Å². The summed E-state index contributed by atoms with van der Waals surface area (Å²) in [5, 5.41) is 4.42. The summed E-state index contributed by atoms with van der Waals surface area (Å²) in [5.74, 6) is 0.557. The van der Waals surface area contributed by atoms with E-state index >= 15 is 0 Å². The van der Waals surface area contributed by atoms with E-state index < -0.39 is 0 Å². The molecule has 0 N–H and O–H groups in total. The zero-order valence-electron chi connectivity index (χ0n) is 14.4. The molecule has 1 aliphatic rings. The van der Waals surface area contributed by atoms with Crippen molar-refractivity contribution in [3.05, 3.63) is 45.5 Å². The molecule has 0 radical (unpaired) electrons. The zero-order valence-corrected chi connectivity index (χ0v) is 14.4. The summed E-state index contributed by atoms with van der Waals surface area (Å²) in [6.45, 7) is 2.59. The van der Waals surface area contributed by atoms with Crippen LogP contribution in [0.15, 0.2) is 23.1 Å². The molecule has 2 aromatic heterocycles. The molecule has 24 heavy (non-hydrogen) atoms. The molecule has 3 rings (SSSR count). The van der Waals surface area contributed by atoms with Crippen LogP contribution in [-0.4, -0.2) is 38.8 Å². The number of nitrogens with zero attached hydrogens (tertiary/aromatic N) is 4. The minimum Gasteiger partial charge on any atom is -0.481 e. The molecule has 1 saturated heterocycles. The molecule has 0 saturated carbocycles. The summed E-state index contributed by atoms with van der Waals surface area (Å²) in [5.41, 5.74) is 2.05. The average molecular weight is 330 g/mol. The van der Waals surface area contributed by atoms with E-state index in [4.69, 9.17) is 4.74 Å². The fraction of sp³-hybridized carbons (Fsp3) is 0.471. The maximum Gasteiger partial charge on any atom is 0.254 e. The van der Waals surface area contributed by atoms with Gasteiger partial charge in [-0.3, -0.25) is 9.59 Å². The van der Waals surface area contributed by atoms with E-state index in [0.717, 1.165) is 24.1 Å². The summed E-state index contributed by atoms with van der Waals surface area (Å²) in [6.07, 6.45) is 3.40. The largest absolute Gasteiger partial charge is 0.481 e. The number of methoxy groups -OCH3 is 1. The third kappa shape index (κ3) is 2.60. The lowest BCUT2D eigenvalue weighted by Crippen LogP contribution is -2.32. The van der Waals surface area contributed by atoms with E-state index in [0.29, 0.717) is 18.0 Å². The normalized spacial score (nSPS) is 17.3. The summed E-state index contributed by atoms with van der Waals surface area (Å²) in [4.78, 5) is 26.6. The summed E-state index contributed by atoms with van der Waals surface area (Å²) < 4.78 is 8.64. The smallest absolute Gasteiger partial charge is 0.254 e. The number of amides is 1. The SMILES string of the molecule is COc1c(C2CCCN2C(=O)c2ccn(C)c(=O)c2)c(C)nn1C. The number of likely N-dealkylation sites (tertiary alicyclic amines) is 1. The van der Waals surface area contributed by atoms with Crippen molar-refractivity contribution in [3.8, 4) is 5.88 Å². The lowest BCUT2D eigenvalue weighted by atomic mass is 10.0. The Balaban J connectivity index is 1.98. The quantitative estimate of drug-likeness (QED) is 0.853. The Kier molecular flexibility index (Phi) is 4.17. The van der Waals surface area contributed by atoms with E-state index in [1.165, 1.54) is 10.6 Å². The van der Waals surface area contributed by atoms with Gasteiger partial charge in [0.05, 0.1) is 24.4 Å². The Morgan fingerprint density at radius 1 is 1.38 bits per heavy atom. The van der Waals surface area contributed by atoms with Crippen molar-refractivity contribution in [3.63, 3.8) is 0 Å². The van der Waals surface area contributed by atoms with Crippen LogP contribution in [0.3, 0.4) is 0 Å². The van der Waals surface area contributed by atoms with Crippen molar-refractivity contribution in [2.75, 3.05) is 13.7 Å². The van der Waals surface area contributed by atoms with Crippen molar-refractivity contribution in [1.29, 1.82) is 0 Å². The van der Waals surface area contributed by atoms with Crippen LogP contribution in [-0.2, 0) is 14.1 Å². The first-order valence-electron chi connectivity index (χ1n) is 7.99. The molecule has 128 valence electrons. The van der Waals surface area contributed by atoms with Crippen LogP contribution >= 0.6 is 0 Å². The first-order chi connectivity index (χ1) is 11.4. The second-order valence-corrected chi connectivity index (χ2v) is 6.15. The fourth-order valence-electron chi connectivity index (χ4n) is 3.44. The highest BCUT2D eigenvalue weighted by Crippen LogP contribution is 2.39. The first kappa shape index (κ1) is 16.3. The van der Waals surface area contributed by atoms with Gasteiger partial charge in [0, 0.05) is 38.5 Å². The topological polar surface area (TPSA) is 69.4 Å². The molecule has 2 aromatic rings.